The summed E-state index contributed by atoms with van der Waals surface area (Å²) in [7, 11) is 0. The van der Waals surface area contributed by atoms with Gasteiger partial charge in [0.25, 0.3) is 5.91 Å². The van der Waals surface area contributed by atoms with E-state index in [2.05, 4.69) is 5.32 Å². The topological polar surface area (TPSA) is 55.4 Å². The van der Waals surface area contributed by atoms with Crippen molar-refractivity contribution in [1.29, 1.82) is 0 Å². The molecule has 0 fully saturated rings. The van der Waals surface area contributed by atoms with Crippen LogP contribution < -0.4 is 5.32 Å². The summed E-state index contributed by atoms with van der Waals surface area (Å²) in [5, 5.41) is 2.64. The molecule has 0 saturated heterocycles. The molecule has 0 unspecified atom stereocenters. The van der Waals surface area contributed by atoms with Crippen molar-refractivity contribution < 1.29 is 14.3 Å². The number of hydrogen-bond acceptors (Lipinski definition) is 3. The van der Waals surface area contributed by atoms with Crippen LogP contribution in [0.5, 0.6) is 0 Å². The van der Waals surface area contributed by atoms with Crippen LogP contribution in [-0.2, 0) is 9.53 Å². The molecule has 2 aromatic rings. The van der Waals surface area contributed by atoms with Gasteiger partial charge in [-0.05, 0) is 24.6 Å². The van der Waals surface area contributed by atoms with Gasteiger partial charge >= 0.3 is 5.97 Å². The monoisotopic (exact) mass is 295 g/mol. The van der Waals surface area contributed by atoms with E-state index < -0.39 is 5.97 Å². The zero-order chi connectivity index (χ0) is 15.8. The average molecular weight is 295 g/mol. The second-order valence-electron chi connectivity index (χ2n) is 4.48. The van der Waals surface area contributed by atoms with E-state index in [-0.39, 0.29) is 12.5 Å². The van der Waals surface area contributed by atoms with E-state index in [4.69, 9.17) is 4.74 Å². The fraction of sp³-hybridized carbons (Fsp3) is 0.111. The van der Waals surface area contributed by atoms with Crippen molar-refractivity contribution in [2.75, 3.05) is 6.61 Å². The van der Waals surface area contributed by atoms with Gasteiger partial charge in [-0.25, -0.2) is 4.79 Å². The van der Waals surface area contributed by atoms with Crippen molar-refractivity contribution in [2.45, 2.75) is 6.92 Å². The number of ether oxygens (including phenoxy) is 1. The van der Waals surface area contributed by atoms with Gasteiger partial charge in [0.05, 0.1) is 12.2 Å². The predicted octanol–water partition coefficient (Wildman–Crippen LogP) is 3.02. The number of carbonyl (C=O) groups is 2. The molecular formula is C18H17NO3. The largest absolute Gasteiger partial charge is 0.462 e. The summed E-state index contributed by atoms with van der Waals surface area (Å²) in [4.78, 5) is 24.1. The van der Waals surface area contributed by atoms with Gasteiger partial charge in [-0.15, -0.1) is 0 Å². The summed E-state index contributed by atoms with van der Waals surface area (Å²) < 4.78 is 5.04. The Morgan fingerprint density at radius 3 is 2.05 bits per heavy atom. The molecule has 0 spiro atoms. The van der Waals surface area contributed by atoms with Crippen LogP contribution in [0.1, 0.15) is 22.8 Å². The predicted molar refractivity (Wildman–Crippen MR) is 85.0 cm³/mol. The maximum Gasteiger partial charge on any atom is 0.340 e. The second-order valence-corrected chi connectivity index (χ2v) is 4.48. The Morgan fingerprint density at radius 1 is 0.955 bits per heavy atom. The van der Waals surface area contributed by atoms with E-state index in [0.29, 0.717) is 16.7 Å². The van der Waals surface area contributed by atoms with Crippen LogP contribution in [0.4, 0.5) is 0 Å². The average Bonchev–Trinajstić information content (AvgIpc) is 2.57. The first-order valence-corrected chi connectivity index (χ1v) is 7.01. The molecule has 1 N–H and O–H groups in total. The second kappa shape index (κ2) is 7.78. The number of nitrogens with one attached hydrogen (secondary N) is 1. The summed E-state index contributed by atoms with van der Waals surface area (Å²) in [5.74, 6) is -0.750. The molecule has 2 aromatic carbocycles. The Bertz CT molecular complexity index is 663. The summed E-state index contributed by atoms with van der Waals surface area (Å²) >= 11 is 0. The van der Waals surface area contributed by atoms with E-state index in [0.717, 1.165) is 0 Å². The zero-order valence-corrected chi connectivity index (χ0v) is 12.3. The first-order valence-electron chi connectivity index (χ1n) is 7.01. The Kier molecular flexibility index (Phi) is 5.49. The maximum atomic E-state index is 12.1. The highest BCUT2D eigenvalue weighted by molar-refractivity contribution is 6.17. The molecule has 4 heteroatoms. The Morgan fingerprint density at radius 2 is 1.50 bits per heavy atom. The molecule has 0 aromatic heterocycles. The molecule has 0 heterocycles. The van der Waals surface area contributed by atoms with Crippen molar-refractivity contribution in [3.8, 4) is 0 Å². The Labute approximate surface area is 129 Å². The third kappa shape index (κ3) is 4.06. The van der Waals surface area contributed by atoms with E-state index in [9.17, 15) is 9.59 Å². The van der Waals surface area contributed by atoms with Crippen LogP contribution in [0.25, 0.3) is 5.57 Å². The molecular weight excluding hydrogens is 278 g/mol. The molecule has 0 aliphatic carbocycles. The standard InChI is InChI=1S/C18H17NO3/c1-2-22-18(21)16(14-9-5-3-6-10-14)13-19-17(20)15-11-7-4-8-12-15/h3-13H,2H2,1H3,(H,19,20)/b16-13-. The highest BCUT2D eigenvalue weighted by atomic mass is 16.5. The zero-order valence-electron chi connectivity index (χ0n) is 12.3. The quantitative estimate of drug-likeness (QED) is 0.681. The molecule has 0 radical (unpaired) electrons. The minimum atomic E-state index is -0.470. The number of benzene rings is 2. The lowest BCUT2D eigenvalue weighted by atomic mass is 10.1. The summed E-state index contributed by atoms with van der Waals surface area (Å²) in [5.41, 5.74) is 1.52. The molecule has 0 atom stereocenters. The smallest absolute Gasteiger partial charge is 0.340 e. The molecule has 2 rings (SSSR count). The third-order valence-electron chi connectivity index (χ3n) is 2.96. The molecule has 0 saturated carbocycles. The van der Waals surface area contributed by atoms with Gasteiger partial charge in [0.15, 0.2) is 0 Å². The summed E-state index contributed by atoms with van der Waals surface area (Å²) in [6.07, 6.45) is 1.39. The van der Waals surface area contributed by atoms with Crippen molar-refractivity contribution in [3.05, 3.63) is 78.0 Å². The SMILES string of the molecule is CCOC(=O)/C(=C\NC(=O)c1ccccc1)c1ccccc1. The maximum absolute atomic E-state index is 12.1. The van der Waals surface area contributed by atoms with Gasteiger partial charge in [-0.2, -0.15) is 0 Å². The third-order valence-corrected chi connectivity index (χ3v) is 2.96. The molecule has 0 bridgehead atoms. The van der Waals surface area contributed by atoms with Crippen LogP contribution in [0.3, 0.4) is 0 Å². The molecule has 112 valence electrons. The number of esters is 1. The van der Waals surface area contributed by atoms with Gasteiger partial charge in [0, 0.05) is 11.8 Å². The van der Waals surface area contributed by atoms with Crippen molar-refractivity contribution >= 4 is 17.4 Å². The van der Waals surface area contributed by atoms with Gasteiger partial charge in [-0.3, -0.25) is 4.79 Å². The summed E-state index contributed by atoms with van der Waals surface area (Å²) in [6.45, 7) is 2.01. The van der Waals surface area contributed by atoms with Crippen molar-refractivity contribution in [1.82, 2.24) is 5.32 Å². The van der Waals surface area contributed by atoms with Crippen LogP contribution in [0, 0.1) is 0 Å². The molecule has 4 nitrogen and oxygen atoms in total. The van der Waals surface area contributed by atoms with Crippen LogP contribution in [-0.4, -0.2) is 18.5 Å². The Hall–Kier alpha value is -2.88. The van der Waals surface area contributed by atoms with E-state index in [1.165, 1.54) is 6.20 Å². The number of amides is 1. The number of carbonyl (C=O) groups excluding carboxylic acids is 2. The normalized spacial score (nSPS) is 10.9. The van der Waals surface area contributed by atoms with Crippen LogP contribution >= 0.6 is 0 Å². The van der Waals surface area contributed by atoms with Gasteiger partial charge in [0.1, 0.15) is 0 Å². The lowest BCUT2D eigenvalue weighted by Crippen LogP contribution is -2.19. The Balaban J connectivity index is 2.22. The highest BCUT2D eigenvalue weighted by Crippen LogP contribution is 2.15. The first kappa shape index (κ1) is 15.5. The van der Waals surface area contributed by atoms with Crippen LogP contribution in [0.2, 0.25) is 0 Å². The fourth-order valence-electron chi connectivity index (χ4n) is 1.90. The van der Waals surface area contributed by atoms with Crippen molar-refractivity contribution in [2.24, 2.45) is 0 Å². The first-order chi connectivity index (χ1) is 10.7. The minimum absolute atomic E-state index is 0.273. The van der Waals surface area contributed by atoms with Crippen LogP contribution in [0.15, 0.2) is 66.9 Å². The van der Waals surface area contributed by atoms with E-state index >= 15 is 0 Å². The summed E-state index contributed by atoms with van der Waals surface area (Å²) in [6, 6.07) is 17.9. The van der Waals surface area contributed by atoms with Gasteiger partial charge in [0.2, 0.25) is 0 Å². The fourth-order valence-corrected chi connectivity index (χ4v) is 1.90. The number of rotatable bonds is 5. The van der Waals surface area contributed by atoms with E-state index in [1.54, 1.807) is 43.3 Å². The van der Waals surface area contributed by atoms with E-state index in [1.807, 2.05) is 24.3 Å². The molecule has 22 heavy (non-hydrogen) atoms. The molecule has 0 aliphatic heterocycles. The highest BCUT2D eigenvalue weighted by Gasteiger charge is 2.13. The molecule has 1 amide bonds. The molecule has 0 aliphatic rings. The lowest BCUT2D eigenvalue weighted by molar-refractivity contribution is -0.136. The minimum Gasteiger partial charge on any atom is -0.462 e. The van der Waals surface area contributed by atoms with Gasteiger partial charge in [-0.1, -0.05) is 48.5 Å². The number of hydrogen-bond donors (Lipinski definition) is 1. The lowest BCUT2D eigenvalue weighted by Gasteiger charge is -2.08. The van der Waals surface area contributed by atoms with Crippen molar-refractivity contribution in [3.63, 3.8) is 0 Å². The van der Waals surface area contributed by atoms with Gasteiger partial charge < -0.3 is 10.1 Å².